The number of ether oxygens (including phenoxy) is 1. The molecule has 156 valence electrons. The van der Waals surface area contributed by atoms with Gasteiger partial charge in [-0.15, -0.1) is 10.2 Å². The third-order valence-electron chi connectivity index (χ3n) is 5.23. The highest BCUT2D eigenvalue weighted by atomic mass is 32.2. The van der Waals surface area contributed by atoms with Crippen molar-refractivity contribution in [2.45, 2.75) is 24.8 Å². The molecule has 8 nitrogen and oxygen atoms in total. The van der Waals surface area contributed by atoms with E-state index < -0.39 is 0 Å². The quantitative estimate of drug-likeness (QED) is 0.388. The maximum Gasteiger partial charge on any atom is 0.267 e. The first-order valence-electron chi connectivity index (χ1n) is 9.66. The van der Waals surface area contributed by atoms with Gasteiger partial charge < -0.3 is 9.26 Å². The van der Waals surface area contributed by atoms with Gasteiger partial charge in [-0.1, -0.05) is 35.1 Å². The van der Waals surface area contributed by atoms with E-state index in [0.29, 0.717) is 33.5 Å². The molecule has 0 aliphatic heterocycles. The van der Waals surface area contributed by atoms with Crippen LogP contribution >= 0.6 is 11.8 Å². The Morgan fingerprint density at radius 1 is 1.10 bits per heavy atom. The van der Waals surface area contributed by atoms with Crippen LogP contribution in [0.3, 0.4) is 0 Å². The van der Waals surface area contributed by atoms with E-state index in [9.17, 15) is 4.79 Å². The lowest BCUT2D eigenvalue weighted by atomic mass is 10.2. The van der Waals surface area contributed by atoms with Gasteiger partial charge in [-0.25, -0.2) is 4.57 Å². The number of thioether (sulfide) groups is 1. The van der Waals surface area contributed by atoms with Crippen molar-refractivity contribution in [2.75, 3.05) is 7.11 Å². The number of hydrogen-bond acceptors (Lipinski definition) is 7. The van der Waals surface area contributed by atoms with E-state index in [0.717, 1.165) is 22.5 Å². The highest BCUT2D eigenvalue weighted by Gasteiger charge is 2.19. The lowest BCUT2D eigenvalue weighted by Gasteiger charge is -2.12. The van der Waals surface area contributed by atoms with Gasteiger partial charge in [0, 0.05) is 17.4 Å². The molecule has 3 aromatic heterocycles. The standard InChI is InChI=1S/C22H19N5O3S/c1-13-18(14(2)30-25-13)12-31-22-24-23-21-26(15-7-6-8-16(11-15)29-3)20(28)17-9-4-5-10-19(17)27(21)22/h4-11H,12H2,1-3H3. The van der Waals surface area contributed by atoms with Crippen LogP contribution in [0.4, 0.5) is 0 Å². The Morgan fingerprint density at radius 3 is 2.71 bits per heavy atom. The molecule has 0 aliphatic rings. The highest BCUT2D eigenvalue weighted by molar-refractivity contribution is 7.98. The number of aryl methyl sites for hydroxylation is 2. The molecule has 0 amide bonds. The minimum absolute atomic E-state index is 0.161. The molecule has 0 atom stereocenters. The van der Waals surface area contributed by atoms with Crippen molar-refractivity contribution in [1.29, 1.82) is 0 Å². The Kier molecular flexibility index (Phi) is 4.74. The summed E-state index contributed by atoms with van der Waals surface area (Å²) < 4.78 is 14.1. The minimum atomic E-state index is -0.161. The number of aromatic nitrogens is 5. The lowest BCUT2D eigenvalue weighted by Crippen LogP contribution is -2.21. The smallest absolute Gasteiger partial charge is 0.267 e. The van der Waals surface area contributed by atoms with Crippen molar-refractivity contribution in [3.05, 3.63) is 75.9 Å². The van der Waals surface area contributed by atoms with E-state index in [-0.39, 0.29) is 5.56 Å². The summed E-state index contributed by atoms with van der Waals surface area (Å²) in [5.74, 6) is 2.52. The van der Waals surface area contributed by atoms with E-state index in [1.807, 2.05) is 66.8 Å². The molecular formula is C22H19N5O3S. The van der Waals surface area contributed by atoms with Crippen LogP contribution in [0.15, 0.2) is 63.0 Å². The monoisotopic (exact) mass is 433 g/mol. The Labute approximate surface area is 181 Å². The van der Waals surface area contributed by atoms with Crippen molar-refractivity contribution in [3.63, 3.8) is 0 Å². The topological polar surface area (TPSA) is 87.5 Å². The second-order valence-corrected chi connectivity index (χ2v) is 8.01. The first-order chi connectivity index (χ1) is 15.1. The fourth-order valence-electron chi connectivity index (χ4n) is 3.60. The number of benzene rings is 2. The zero-order chi connectivity index (χ0) is 21.5. The molecule has 3 heterocycles. The predicted octanol–water partition coefficient (Wildman–Crippen LogP) is 3.94. The maximum absolute atomic E-state index is 13.4. The number of methoxy groups -OCH3 is 1. The summed E-state index contributed by atoms with van der Waals surface area (Å²) in [5, 5.41) is 14.1. The average molecular weight is 433 g/mol. The van der Waals surface area contributed by atoms with Crippen molar-refractivity contribution < 1.29 is 9.26 Å². The summed E-state index contributed by atoms with van der Waals surface area (Å²) in [6.45, 7) is 3.82. The summed E-state index contributed by atoms with van der Waals surface area (Å²) in [5.41, 5.74) is 3.15. The van der Waals surface area contributed by atoms with Crippen molar-refractivity contribution >= 4 is 28.4 Å². The summed E-state index contributed by atoms with van der Waals surface area (Å²) >= 11 is 1.52. The van der Waals surface area contributed by atoms with Gasteiger partial charge in [-0.2, -0.15) is 0 Å². The van der Waals surface area contributed by atoms with E-state index in [4.69, 9.17) is 9.26 Å². The average Bonchev–Trinajstić information content (AvgIpc) is 3.35. The zero-order valence-electron chi connectivity index (χ0n) is 17.2. The van der Waals surface area contributed by atoms with Crippen LogP contribution in [0.1, 0.15) is 17.0 Å². The molecule has 0 saturated carbocycles. The Bertz CT molecular complexity index is 1460. The first kappa shape index (κ1) is 19.4. The molecule has 5 aromatic rings. The molecule has 0 radical (unpaired) electrons. The lowest BCUT2D eigenvalue weighted by molar-refractivity contribution is 0.392. The van der Waals surface area contributed by atoms with Gasteiger partial charge in [0.2, 0.25) is 5.78 Å². The van der Waals surface area contributed by atoms with Crippen LogP contribution in [0.2, 0.25) is 0 Å². The molecule has 0 fully saturated rings. The molecule has 31 heavy (non-hydrogen) atoms. The number of nitrogens with zero attached hydrogens (tertiary/aromatic N) is 5. The second-order valence-electron chi connectivity index (χ2n) is 7.07. The SMILES string of the molecule is COc1cccc(-n2c(=O)c3ccccc3n3c(SCc4c(C)noc4C)nnc23)c1. The molecule has 0 spiro atoms. The molecule has 0 saturated heterocycles. The molecule has 0 N–H and O–H groups in total. The first-order valence-corrected chi connectivity index (χ1v) is 10.6. The van der Waals surface area contributed by atoms with Gasteiger partial charge in [0.15, 0.2) is 5.16 Å². The van der Waals surface area contributed by atoms with Crippen LogP contribution in [-0.2, 0) is 5.75 Å². The van der Waals surface area contributed by atoms with Crippen molar-refractivity contribution in [1.82, 2.24) is 24.3 Å². The molecule has 9 heteroatoms. The predicted molar refractivity (Wildman–Crippen MR) is 118 cm³/mol. The third kappa shape index (κ3) is 3.17. The van der Waals surface area contributed by atoms with Gasteiger partial charge in [-0.3, -0.25) is 9.20 Å². The maximum atomic E-state index is 13.4. The van der Waals surface area contributed by atoms with Crippen LogP contribution in [-0.4, -0.2) is 31.4 Å². The number of fused-ring (bicyclic) bond motifs is 3. The van der Waals surface area contributed by atoms with Crippen LogP contribution in [0.5, 0.6) is 5.75 Å². The van der Waals surface area contributed by atoms with Crippen molar-refractivity contribution in [2.24, 2.45) is 0 Å². The summed E-state index contributed by atoms with van der Waals surface area (Å²) in [6.07, 6.45) is 0. The Morgan fingerprint density at radius 2 is 1.94 bits per heavy atom. The number of rotatable bonds is 5. The van der Waals surface area contributed by atoms with Crippen LogP contribution in [0.25, 0.3) is 22.4 Å². The molecule has 0 bridgehead atoms. The molecule has 0 aliphatic carbocycles. The minimum Gasteiger partial charge on any atom is -0.497 e. The zero-order valence-corrected chi connectivity index (χ0v) is 18.0. The highest BCUT2D eigenvalue weighted by Crippen LogP contribution is 2.28. The second kappa shape index (κ2) is 7.59. The van der Waals surface area contributed by atoms with E-state index in [1.54, 1.807) is 11.7 Å². The number of para-hydroxylation sites is 1. The van der Waals surface area contributed by atoms with E-state index >= 15 is 0 Å². The van der Waals surface area contributed by atoms with Crippen LogP contribution < -0.4 is 10.3 Å². The molecule has 2 aromatic carbocycles. The Hall–Kier alpha value is -3.59. The molecular weight excluding hydrogens is 414 g/mol. The van der Waals surface area contributed by atoms with Gasteiger partial charge >= 0.3 is 0 Å². The fraction of sp³-hybridized carbons (Fsp3) is 0.182. The van der Waals surface area contributed by atoms with Gasteiger partial charge in [0.05, 0.1) is 29.4 Å². The van der Waals surface area contributed by atoms with E-state index in [1.165, 1.54) is 11.8 Å². The fourth-order valence-corrected chi connectivity index (χ4v) is 4.69. The molecule has 5 rings (SSSR count). The van der Waals surface area contributed by atoms with E-state index in [2.05, 4.69) is 15.4 Å². The van der Waals surface area contributed by atoms with Gasteiger partial charge in [-0.05, 0) is 38.1 Å². The van der Waals surface area contributed by atoms with Gasteiger partial charge in [0.25, 0.3) is 5.56 Å². The van der Waals surface area contributed by atoms with Crippen LogP contribution in [0, 0.1) is 13.8 Å². The van der Waals surface area contributed by atoms with Gasteiger partial charge in [0.1, 0.15) is 11.5 Å². The normalized spacial score (nSPS) is 11.5. The summed E-state index contributed by atoms with van der Waals surface area (Å²) in [6, 6.07) is 14.8. The summed E-state index contributed by atoms with van der Waals surface area (Å²) in [4.78, 5) is 13.4. The van der Waals surface area contributed by atoms with Crippen molar-refractivity contribution in [3.8, 4) is 11.4 Å². The third-order valence-corrected chi connectivity index (χ3v) is 6.19. The summed E-state index contributed by atoms with van der Waals surface area (Å²) in [7, 11) is 1.60. The number of hydrogen-bond donors (Lipinski definition) is 0. The largest absolute Gasteiger partial charge is 0.497 e. The molecule has 0 unspecified atom stereocenters. The Balaban J connectivity index is 1.73.